The number of hydrogen-bond donors (Lipinski definition) is 1. The normalized spacial score (nSPS) is 12.6. The molecule has 0 aliphatic rings. The third-order valence-electron chi connectivity index (χ3n) is 5.27. The maximum Gasteiger partial charge on any atom is 0.357 e. The molecule has 1 N–H and O–H groups in total. The molecule has 1 atom stereocenters. The predicted octanol–water partition coefficient (Wildman–Crippen LogP) is 4.97. The third-order valence-corrected chi connectivity index (χ3v) is 5.27. The van der Waals surface area contributed by atoms with Crippen LogP contribution in [0.3, 0.4) is 0 Å². The summed E-state index contributed by atoms with van der Waals surface area (Å²) in [7, 11) is 1.61. The van der Waals surface area contributed by atoms with Crippen molar-refractivity contribution in [1.82, 2.24) is 15.0 Å². The number of rotatable bonds is 6. The molecule has 3 heterocycles. The van der Waals surface area contributed by atoms with Crippen LogP contribution in [0.2, 0.25) is 0 Å². The maximum atomic E-state index is 12.7. The summed E-state index contributed by atoms with van der Waals surface area (Å²) < 4.78 is 10.8. The van der Waals surface area contributed by atoms with Crippen LogP contribution in [0, 0.1) is 0 Å². The molecule has 0 saturated heterocycles. The molecule has 6 nitrogen and oxygen atoms in total. The zero-order valence-electron chi connectivity index (χ0n) is 17.6. The lowest BCUT2D eigenvalue weighted by Gasteiger charge is -2.13. The van der Waals surface area contributed by atoms with Crippen LogP contribution >= 0.6 is 0 Å². The van der Waals surface area contributed by atoms with Crippen molar-refractivity contribution in [1.29, 1.82) is 0 Å². The van der Waals surface area contributed by atoms with Crippen LogP contribution in [-0.4, -0.2) is 34.1 Å². The second-order valence-corrected chi connectivity index (χ2v) is 7.70. The Bertz CT molecular complexity index is 1200. The van der Waals surface area contributed by atoms with Crippen molar-refractivity contribution in [2.24, 2.45) is 0 Å². The SMILES string of the molecule is COCc1c(C(=O)OC(C)C)ncc2[nH]c3ccc(C(C)c4cccnc4)cc3c12. The zero-order valence-corrected chi connectivity index (χ0v) is 17.6. The highest BCUT2D eigenvalue weighted by atomic mass is 16.5. The summed E-state index contributed by atoms with van der Waals surface area (Å²) in [5.74, 6) is -0.251. The molecule has 0 spiro atoms. The molecule has 154 valence electrons. The van der Waals surface area contributed by atoms with E-state index in [4.69, 9.17) is 9.47 Å². The van der Waals surface area contributed by atoms with E-state index in [1.165, 1.54) is 5.56 Å². The summed E-state index contributed by atoms with van der Waals surface area (Å²) in [6.45, 7) is 6.08. The van der Waals surface area contributed by atoms with Crippen molar-refractivity contribution < 1.29 is 14.3 Å². The van der Waals surface area contributed by atoms with E-state index in [1.807, 2.05) is 26.1 Å². The van der Waals surface area contributed by atoms with Crippen LogP contribution < -0.4 is 0 Å². The second kappa shape index (κ2) is 8.24. The molecule has 4 rings (SSSR count). The topological polar surface area (TPSA) is 77.1 Å². The van der Waals surface area contributed by atoms with Crippen LogP contribution in [0.5, 0.6) is 0 Å². The van der Waals surface area contributed by atoms with Crippen molar-refractivity contribution in [2.75, 3.05) is 7.11 Å². The Morgan fingerprint density at radius 1 is 1.10 bits per heavy atom. The average Bonchev–Trinajstić information content (AvgIpc) is 3.12. The standard InChI is InChI=1S/C24H25N3O3/c1-14(2)30-24(28)23-19(13-29-4)22-18-10-16(15(3)17-6-5-9-25-11-17)7-8-20(18)27-21(22)12-26-23/h5-12,14-15,27H,13H2,1-4H3. The fourth-order valence-electron chi connectivity index (χ4n) is 3.80. The summed E-state index contributed by atoms with van der Waals surface area (Å²) in [5, 5.41) is 1.98. The van der Waals surface area contributed by atoms with E-state index in [0.717, 1.165) is 32.9 Å². The highest BCUT2D eigenvalue weighted by Crippen LogP contribution is 2.34. The molecule has 4 aromatic rings. The minimum Gasteiger partial charge on any atom is -0.458 e. The Hall–Kier alpha value is -3.25. The van der Waals surface area contributed by atoms with Crippen LogP contribution in [0.25, 0.3) is 21.8 Å². The zero-order chi connectivity index (χ0) is 21.3. The van der Waals surface area contributed by atoms with Gasteiger partial charge in [0, 0.05) is 47.3 Å². The van der Waals surface area contributed by atoms with Gasteiger partial charge in [-0.2, -0.15) is 0 Å². The number of fused-ring (bicyclic) bond motifs is 3. The fourth-order valence-corrected chi connectivity index (χ4v) is 3.80. The second-order valence-electron chi connectivity index (χ2n) is 7.70. The Labute approximate surface area is 175 Å². The first-order valence-corrected chi connectivity index (χ1v) is 10.0. The van der Waals surface area contributed by atoms with Gasteiger partial charge in [-0.3, -0.25) is 4.98 Å². The van der Waals surface area contributed by atoms with Crippen molar-refractivity contribution in [3.63, 3.8) is 0 Å². The third kappa shape index (κ3) is 3.66. The number of methoxy groups -OCH3 is 1. The van der Waals surface area contributed by atoms with Crippen LogP contribution in [0.15, 0.2) is 48.9 Å². The van der Waals surface area contributed by atoms with Gasteiger partial charge in [0.1, 0.15) is 0 Å². The van der Waals surface area contributed by atoms with Gasteiger partial charge in [0.15, 0.2) is 5.69 Å². The molecule has 0 radical (unpaired) electrons. The number of hydrogen-bond acceptors (Lipinski definition) is 5. The summed E-state index contributed by atoms with van der Waals surface area (Å²) in [5.41, 5.74) is 5.20. The number of nitrogens with one attached hydrogen (secondary N) is 1. The molecule has 1 unspecified atom stereocenters. The minimum atomic E-state index is -0.437. The largest absolute Gasteiger partial charge is 0.458 e. The summed E-state index contributed by atoms with van der Waals surface area (Å²) >= 11 is 0. The first-order valence-electron chi connectivity index (χ1n) is 10.0. The first-order chi connectivity index (χ1) is 14.5. The Kier molecular flexibility index (Phi) is 5.50. The minimum absolute atomic E-state index is 0.186. The van der Waals surface area contributed by atoms with Crippen molar-refractivity contribution >= 4 is 27.8 Å². The number of pyridine rings is 2. The lowest BCUT2D eigenvalue weighted by molar-refractivity contribution is 0.0366. The van der Waals surface area contributed by atoms with Gasteiger partial charge in [-0.25, -0.2) is 9.78 Å². The van der Waals surface area contributed by atoms with E-state index < -0.39 is 5.97 Å². The molecule has 0 saturated carbocycles. The van der Waals surface area contributed by atoms with Crippen LogP contribution in [0.1, 0.15) is 53.9 Å². The Balaban J connectivity index is 1.90. The number of H-pyrrole nitrogens is 1. The number of ether oxygens (including phenoxy) is 2. The van der Waals surface area contributed by atoms with Crippen molar-refractivity contribution in [3.8, 4) is 0 Å². The summed E-state index contributed by atoms with van der Waals surface area (Å²) in [4.78, 5) is 24.7. The number of benzene rings is 1. The van der Waals surface area contributed by atoms with E-state index in [9.17, 15) is 4.79 Å². The number of carbonyl (C=O) groups excluding carboxylic acids is 1. The molecular formula is C24H25N3O3. The van der Waals surface area contributed by atoms with E-state index in [1.54, 1.807) is 19.5 Å². The van der Waals surface area contributed by atoms with E-state index in [-0.39, 0.29) is 18.6 Å². The van der Waals surface area contributed by atoms with Crippen molar-refractivity contribution in [2.45, 2.75) is 39.4 Å². The molecule has 0 fully saturated rings. The first kappa shape index (κ1) is 20.0. The molecule has 0 aliphatic carbocycles. The van der Waals surface area contributed by atoms with Gasteiger partial charge >= 0.3 is 5.97 Å². The number of esters is 1. The Morgan fingerprint density at radius 2 is 1.93 bits per heavy atom. The quantitative estimate of drug-likeness (QED) is 0.460. The predicted molar refractivity (Wildman–Crippen MR) is 117 cm³/mol. The molecule has 0 aliphatic heterocycles. The highest BCUT2D eigenvalue weighted by Gasteiger charge is 2.21. The number of carbonyl (C=O) groups is 1. The van der Waals surface area contributed by atoms with E-state index in [2.05, 4.69) is 46.1 Å². The van der Waals surface area contributed by atoms with Crippen LogP contribution in [0.4, 0.5) is 0 Å². The van der Waals surface area contributed by atoms with Gasteiger partial charge in [-0.15, -0.1) is 0 Å². The molecule has 0 amide bonds. The van der Waals surface area contributed by atoms with Crippen molar-refractivity contribution in [3.05, 3.63) is 71.3 Å². The molecular weight excluding hydrogens is 378 g/mol. The number of nitrogens with zero attached hydrogens (tertiary/aromatic N) is 2. The van der Waals surface area contributed by atoms with Gasteiger partial charge in [-0.1, -0.05) is 19.1 Å². The van der Waals surface area contributed by atoms with Gasteiger partial charge in [0.2, 0.25) is 0 Å². The maximum absolute atomic E-state index is 12.7. The van der Waals surface area contributed by atoms with Gasteiger partial charge in [-0.05, 0) is 43.2 Å². The molecule has 3 aromatic heterocycles. The monoisotopic (exact) mass is 403 g/mol. The highest BCUT2D eigenvalue weighted by molar-refractivity contribution is 6.11. The lowest BCUT2D eigenvalue weighted by Crippen LogP contribution is -2.15. The molecule has 0 bridgehead atoms. The molecule has 6 heteroatoms. The number of aromatic amines is 1. The Morgan fingerprint density at radius 3 is 2.63 bits per heavy atom. The lowest BCUT2D eigenvalue weighted by atomic mass is 9.93. The summed E-state index contributed by atoms with van der Waals surface area (Å²) in [6, 6.07) is 10.4. The molecule has 1 aromatic carbocycles. The number of aromatic nitrogens is 3. The smallest absolute Gasteiger partial charge is 0.357 e. The molecule has 30 heavy (non-hydrogen) atoms. The van der Waals surface area contributed by atoms with Gasteiger partial charge in [0.05, 0.1) is 24.4 Å². The fraction of sp³-hybridized carbons (Fsp3) is 0.292. The summed E-state index contributed by atoms with van der Waals surface area (Å²) in [6.07, 6.45) is 5.14. The van der Waals surface area contributed by atoms with Crippen LogP contribution in [-0.2, 0) is 16.1 Å². The van der Waals surface area contributed by atoms with Gasteiger partial charge < -0.3 is 14.5 Å². The van der Waals surface area contributed by atoms with E-state index >= 15 is 0 Å². The van der Waals surface area contributed by atoms with Gasteiger partial charge in [0.25, 0.3) is 0 Å². The average molecular weight is 403 g/mol. The van der Waals surface area contributed by atoms with E-state index in [0.29, 0.717) is 5.69 Å².